The second-order valence-corrected chi connectivity index (χ2v) is 6.48. The highest BCUT2D eigenvalue weighted by atomic mass is 32.2. The van der Waals surface area contributed by atoms with Crippen molar-refractivity contribution in [2.75, 3.05) is 25.9 Å². The van der Waals surface area contributed by atoms with E-state index in [4.69, 9.17) is 0 Å². The largest absolute Gasteiger partial charge is 0.303 e. The molecule has 0 aromatic rings. The zero-order valence-electron chi connectivity index (χ0n) is 9.55. The molecule has 0 aromatic heterocycles. The average Bonchev–Trinajstić information content (AvgIpc) is 2.18. The third kappa shape index (κ3) is 2.10. The highest BCUT2D eigenvalue weighted by molar-refractivity contribution is 8.00. The molecule has 2 fully saturated rings. The van der Waals surface area contributed by atoms with Gasteiger partial charge in [0, 0.05) is 12.6 Å². The van der Waals surface area contributed by atoms with E-state index < -0.39 is 0 Å². The van der Waals surface area contributed by atoms with Gasteiger partial charge in [0.15, 0.2) is 0 Å². The summed E-state index contributed by atoms with van der Waals surface area (Å²) in [6, 6.07) is 0.733. The van der Waals surface area contributed by atoms with Gasteiger partial charge in [-0.2, -0.15) is 0 Å². The quantitative estimate of drug-likeness (QED) is 0.661. The molecule has 0 amide bonds. The molecule has 14 heavy (non-hydrogen) atoms. The molecule has 0 radical (unpaired) electrons. The van der Waals surface area contributed by atoms with E-state index in [0.29, 0.717) is 4.87 Å². The minimum absolute atomic E-state index is 0.415. The van der Waals surface area contributed by atoms with Gasteiger partial charge in [-0.1, -0.05) is 6.92 Å². The van der Waals surface area contributed by atoms with Crippen LogP contribution in [-0.4, -0.2) is 41.7 Å². The van der Waals surface area contributed by atoms with Crippen molar-refractivity contribution in [3.63, 3.8) is 0 Å². The van der Waals surface area contributed by atoms with Crippen molar-refractivity contribution in [2.24, 2.45) is 5.92 Å². The maximum atomic E-state index is 3.77. The molecule has 0 aliphatic carbocycles. The van der Waals surface area contributed by atoms with Crippen molar-refractivity contribution in [1.82, 2.24) is 10.2 Å². The molecule has 1 spiro atoms. The van der Waals surface area contributed by atoms with Gasteiger partial charge >= 0.3 is 0 Å². The number of hydrogen-bond acceptors (Lipinski definition) is 3. The first-order chi connectivity index (χ1) is 6.61. The van der Waals surface area contributed by atoms with Gasteiger partial charge in [-0.25, -0.2) is 0 Å². The van der Waals surface area contributed by atoms with E-state index in [1.165, 1.54) is 31.7 Å². The van der Waals surface area contributed by atoms with E-state index in [1.807, 2.05) is 0 Å². The molecule has 3 unspecified atom stereocenters. The topological polar surface area (TPSA) is 15.3 Å². The van der Waals surface area contributed by atoms with Gasteiger partial charge < -0.3 is 10.2 Å². The minimum atomic E-state index is 0.415. The van der Waals surface area contributed by atoms with Crippen LogP contribution in [0.4, 0.5) is 0 Å². The SMILES string of the molecule is CC1CNC2(CCN(C)C(C)C2)SC1. The molecule has 2 nitrogen and oxygen atoms in total. The first kappa shape index (κ1) is 10.8. The summed E-state index contributed by atoms with van der Waals surface area (Å²) in [6.07, 6.45) is 2.62. The van der Waals surface area contributed by atoms with Crippen molar-refractivity contribution < 1.29 is 0 Å². The Kier molecular flexibility index (Phi) is 3.10. The van der Waals surface area contributed by atoms with Crippen LogP contribution < -0.4 is 5.32 Å². The third-order valence-electron chi connectivity index (χ3n) is 3.66. The molecule has 82 valence electrons. The number of rotatable bonds is 0. The van der Waals surface area contributed by atoms with Crippen molar-refractivity contribution in [1.29, 1.82) is 0 Å². The Balaban J connectivity index is 1.97. The van der Waals surface area contributed by atoms with Crippen molar-refractivity contribution in [3.05, 3.63) is 0 Å². The highest BCUT2D eigenvalue weighted by Gasteiger charge is 2.39. The maximum Gasteiger partial charge on any atom is 0.0672 e. The summed E-state index contributed by atoms with van der Waals surface area (Å²) >= 11 is 2.16. The standard InChI is InChI=1S/C11H22N2S/c1-9-7-12-11(14-8-9)4-5-13(3)10(2)6-11/h9-10,12H,4-8H2,1-3H3. The molecule has 2 rings (SSSR count). The van der Waals surface area contributed by atoms with E-state index in [-0.39, 0.29) is 0 Å². The van der Waals surface area contributed by atoms with Gasteiger partial charge in [-0.3, -0.25) is 0 Å². The van der Waals surface area contributed by atoms with Crippen molar-refractivity contribution in [2.45, 2.75) is 37.6 Å². The molecule has 2 aliphatic heterocycles. The summed E-state index contributed by atoms with van der Waals surface area (Å²) in [7, 11) is 2.24. The summed E-state index contributed by atoms with van der Waals surface area (Å²) in [5.41, 5.74) is 0. The van der Waals surface area contributed by atoms with Gasteiger partial charge in [0.05, 0.1) is 4.87 Å². The normalized spacial score (nSPS) is 45.6. The summed E-state index contributed by atoms with van der Waals surface area (Å²) in [5, 5.41) is 3.77. The molecule has 3 atom stereocenters. The molecule has 1 N–H and O–H groups in total. The van der Waals surface area contributed by atoms with Crippen molar-refractivity contribution >= 4 is 11.8 Å². The lowest BCUT2D eigenvalue weighted by atomic mass is 9.97. The lowest BCUT2D eigenvalue weighted by Gasteiger charge is -2.47. The van der Waals surface area contributed by atoms with Crippen LogP contribution in [0.15, 0.2) is 0 Å². The fourth-order valence-electron chi connectivity index (χ4n) is 2.38. The van der Waals surface area contributed by atoms with Crippen LogP contribution in [0.5, 0.6) is 0 Å². The van der Waals surface area contributed by atoms with E-state index >= 15 is 0 Å². The van der Waals surface area contributed by atoms with Crippen LogP contribution >= 0.6 is 11.8 Å². The molecular formula is C11H22N2S. The van der Waals surface area contributed by atoms with Crippen molar-refractivity contribution in [3.8, 4) is 0 Å². The van der Waals surface area contributed by atoms with Crippen LogP contribution in [0, 0.1) is 5.92 Å². The zero-order chi connectivity index (χ0) is 10.2. The number of nitrogens with zero attached hydrogens (tertiary/aromatic N) is 1. The predicted octanol–water partition coefficient (Wildman–Crippen LogP) is 1.77. The number of likely N-dealkylation sites (tertiary alicyclic amines) is 1. The number of hydrogen-bond donors (Lipinski definition) is 1. The summed E-state index contributed by atoms with van der Waals surface area (Å²) in [4.78, 5) is 2.89. The maximum absolute atomic E-state index is 3.77. The molecule has 2 aliphatic rings. The smallest absolute Gasteiger partial charge is 0.0672 e. The van der Waals surface area contributed by atoms with E-state index in [0.717, 1.165) is 12.0 Å². The Morgan fingerprint density at radius 3 is 2.79 bits per heavy atom. The Hall–Kier alpha value is 0.270. The van der Waals surface area contributed by atoms with Gasteiger partial charge in [-0.05, 0) is 45.0 Å². The first-order valence-corrected chi connectivity index (χ1v) is 6.69. The van der Waals surface area contributed by atoms with E-state index in [2.05, 4.69) is 42.9 Å². The lowest BCUT2D eigenvalue weighted by Crippen LogP contribution is -2.56. The molecule has 2 heterocycles. The van der Waals surface area contributed by atoms with E-state index in [9.17, 15) is 0 Å². The third-order valence-corrected chi connectivity index (χ3v) is 5.47. The lowest BCUT2D eigenvalue weighted by molar-refractivity contribution is 0.149. The molecule has 0 aromatic carbocycles. The zero-order valence-corrected chi connectivity index (χ0v) is 10.4. The van der Waals surface area contributed by atoms with Gasteiger partial charge in [0.1, 0.15) is 0 Å². The second-order valence-electron chi connectivity index (χ2n) is 5.08. The van der Waals surface area contributed by atoms with Gasteiger partial charge in [0.2, 0.25) is 0 Å². The number of thioether (sulfide) groups is 1. The van der Waals surface area contributed by atoms with Crippen LogP contribution in [0.1, 0.15) is 26.7 Å². The fourth-order valence-corrected chi connectivity index (χ4v) is 3.88. The minimum Gasteiger partial charge on any atom is -0.303 e. The molecular weight excluding hydrogens is 192 g/mol. The summed E-state index contributed by atoms with van der Waals surface area (Å²) in [5.74, 6) is 2.18. The first-order valence-electron chi connectivity index (χ1n) is 5.70. The van der Waals surface area contributed by atoms with Crippen LogP contribution in [-0.2, 0) is 0 Å². The van der Waals surface area contributed by atoms with Gasteiger partial charge in [-0.15, -0.1) is 11.8 Å². The van der Waals surface area contributed by atoms with Crippen LogP contribution in [0.3, 0.4) is 0 Å². The van der Waals surface area contributed by atoms with Crippen LogP contribution in [0.25, 0.3) is 0 Å². The Labute approximate surface area is 91.8 Å². The Morgan fingerprint density at radius 1 is 1.43 bits per heavy atom. The summed E-state index contributed by atoms with van der Waals surface area (Å²) < 4.78 is 0. The Morgan fingerprint density at radius 2 is 2.21 bits per heavy atom. The highest BCUT2D eigenvalue weighted by Crippen LogP contribution is 2.39. The molecule has 0 saturated carbocycles. The molecule has 3 heteroatoms. The molecule has 2 saturated heterocycles. The summed E-state index contributed by atoms with van der Waals surface area (Å²) in [6.45, 7) is 7.14. The number of nitrogens with one attached hydrogen (secondary N) is 1. The van der Waals surface area contributed by atoms with E-state index in [1.54, 1.807) is 0 Å². The number of piperidine rings is 1. The molecule has 0 bridgehead atoms. The van der Waals surface area contributed by atoms with Gasteiger partial charge in [0.25, 0.3) is 0 Å². The monoisotopic (exact) mass is 214 g/mol. The predicted molar refractivity (Wildman–Crippen MR) is 63.7 cm³/mol. The second kappa shape index (κ2) is 4.03. The Bertz CT molecular complexity index is 194. The fraction of sp³-hybridized carbons (Fsp3) is 1.00. The van der Waals surface area contributed by atoms with Crippen LogP contribution in [0.2, 0.25) is 0 Å². The average molecular weight is 214 g/mol.